The number of nitrogens with one attached hydrogen (secondary N) is 2. The number of carbonyl (C=O) groups excluding carboxylic acids is 2. The van der Waals surface area contributed by atoms with Crippen LogP contribution in [0.15, 0.2) is 24.3 Å². The van der Waals surface area contributed by atoms with Crippen LogP contribution in [0.5, 0.6) is 5.75 Å². The van der Waals surface area contributed by atoms with Crippen molar-refractivity contribution in [3.63, 3.8) is 0 Å². The minimum Gasteiger partial charge on any atom is -0.496 e. The molecule has 0 saturated carbocycles. The van der Waals surface area contributed by atoms with Crippen molar-refractivity contribution in [2.24, 2.45) is 0 Å². The second-order valence-electron chi connectivity index (χ2n) is 5.42. The molecule has 0 heterocycles. The van der Waals surface area contributed by atoms with Gasteiger partial charge in [0.05, 0.1) is 12.7 Å². The van der Waals surface area contributed by atoms with Crippen molar-refractivity contribution < 1.29 is 19.4 Å². The lowest BCUT2D eigenvalue weighted by Gasteiger charge is -2.23. The molecule has 0 saturated heterocycles. The number of rotatable bonds is 8. The molecule has 0 radical (unpaired) electrons. The lowest BCUT2D eigenvalue weighted by Crippen LogP contribution is -2.46. The maximum Gasteiger partial charge on any atom is 0.309 e. The van der Waals surface area contributed by atoms with Crippen LogP contribution in [0.2, 0.25) is 0 Å². The number of ether oxygens (including phenoxy) is 1. The first-order valence-electron chi connectivity index (χ1n) is 7.29. The van der Waals surface area contributed by atoms with Crippen molar-refractivity contribution in [2.45, 2.75) is 25.5 Å². The Hall–Kier alpha value is -1.73. The van der Waals surface area contributed by atoms with Crippen LogP contribution in [0.1, 0.15) is 18.9 Å². The van der Waals surface area contributed by atoms with Crippen LogP contribution in [-0.2, 0) is 16.1 Å². The van der Waals surface area contributed by atoms with Gasteiger partial charge in [0.2, 0.25) is 0 Å². The fraction of sp³-hybridized carbons (Fsp3) is 0.500. The number of aliphatic hydroxyl groups is 1. The smallest absolute Gasteiger partial charge is 0.309 e. The van der Waals surface area contributed by atoms with Gasteiger partial charge in [-0.05, 0) is 31.4 Å². The van der Waals surface area contributed by atoms with E-state index < -0.39 is 17.4 Å². The van der Waals surface area contributed by atoms with E-state index in [1.54, 1.807) is 31.9 Å². The van der Waals surface area contributed by atoms with Gasteiger partial charge in [-0.25, -0.2) is 0 Å². The number of thioether (sulfide) groups is 1. The first kappa shape index (κ1) is 19.3. The predicted molar refractivity (Wildman–Crippen MR) is 91.5 cm³/mol. The number of hydrogen-bond acceptors (Lipinski definition) is 5. The Morgan fingerprint density at radius 2 is 1.91 bits per heavy atom. The quantitative estimate of drug-likeness (QED) is 0.613. The third-order valence-electron chi connectivity index (χ3n) is 3.31. The molecule has 0 fully saturated rings. The third-order valence-corrected chi connectivity index (χ3v) is 3.93. The Morgan fingerprint density at radius 1 is 1.26 bits per heavy atom. The van der Waals surface area contributed by atoms with Gasteiger partial charge in [-0.2, -0.15) is 11.8 Å². The molecule has 1 atom stereocenters. The molecule has 6 nitrogen and oxygen atoms in total. The Bertz CT molecular complexity index is 535. The average molecular weight is 340 g/mol. The average Bonchev–Trinajstić information content (AvgIpc) is 2.56. The van der Waals surface area contributed by atoms with E-state index in [4.69, 9.17) is 4.74 Å². The van der Waals surface area contributed by atoms with E-state index in [1.165, 1.54) is 0 Å². The number of carbonyl (C=O) groups is 2. The van der Waals surface area contributed by atoms with Gasteiger partial charge < -0.3 is 20.5 Å². The summed E-state index contributed by atoms with van der Waals surface area (Å²) in [6.07, 6.45) is 2.48. The predicted octanol–water partition coefficient (Wildman–Crippen LogP) is 0.932. The number of para-hydroxylation sites is 1. The Balaban J connectivity index is 2.44. The van der Waals surface area contributed by atoms with Gasteiger partial charge >= 0.3 is 11.8 Å². The second kappa shape index (κ2) is 9.42. The van der Waals surface area contributed by atoms with Gasteiger partial charge in [-0.15, -0.1) is 0 Å². The molecule has 0 spiro atoms. The minimum absolute atomic E-state index is 0.0362. The largest absolute Gasteiger partial charge is 0.496 e. The van der Waals surface area contributed by atoms with Gasteiger partial charge in [0.25, 0.3) is 0 Å². The highest BCUT2D eigenvalue weighted by atomic mass is 32.2. The van der Waals surface area contributed by atoms with Crippen molar-refractivity contribution in [3.8, 4) is 5.75 Å². The molecule has 128 valence electrons. The molecule has 0 unspecified atom stereocenters. The highest BCUT2D eigenvalue weighted by Gasteiger charge is 2.22. The zero-order valence-electron chi connectivity index (χ0n) is 13.7. The van der Waals surface area contributed by atoms with Gasteiger partial charge in [0.15, 0.2) is 0 Å². The molecule has 0 aliphatic rings. The van der Waals surface area contributed by atoms with Crippen molar-refractivity contribution in [2.75, 3.05) is 25.7 Å². The van der Waals surface area contributed by atoms with E-state index >= 15 is 0 Å². The first-order valence-corrected chi connectivity index (χ1v) is 8.68. The van der Waals surface area contributed by atoms with Crippen LogP contribution in [0.4, 0.5) is 0 Å². The zero-order valence-corrected chi connectivity index (χ0v) is 14.5. The minimum atomic E-state index is -1.03. The van der Waals surface area contributed by atoms with Gasteiger partial charge in [-0.3, -0.25) is 9.59 Å². The summed E-state index contributed by atoms with van der Waals surface area (Å²) in [5.41, 5.74) is -0.246. The van der Waals surface area contributed by atoms with Crippen LogP contribution >= 0.6 is 11.8 Å². The standard InChI is InChI=1S/C16H24N2O4S/c1-16(21,8-9-23-3)11-18-15(20)14(19)17-10-12-6-4-5-7-13(12)22-2/h4-7,21H,8-11H2,1-3H3,(H,17,19)(H,18,20)/t16-/m1/s1. The number of amides is 2. The zero-order chi connectivity index (χ0) is 17.3. The summed E-state index contributed by atoms with van der Waals surface area (Å²) in [6, 6.07) is 7.25. The van der Waals surface area contributed by atoms with E-state index in [9.17, 15) is 14.7 Å². The lowest BCUT2D eigenvalue weighted by atomic mass is 10.0. The normalized spacial score (nSPS) is 13.0. The summed E-state index contributed by atoms with van der Waals surface area (Å²) in [5.74, 6) is -0.0721. The maximum absolute atomic E-state index is 11.8. The van der Waals surface area contributed by atoms with Crippen LogP contribution in [-0.4, -0.2) is 48.2 Å². The molecule has 3 N–H and O–H groups in total. The van der Waals surface area contributed by atoms with Gasteiger partial charge in [0.1, 0.15) is 5.75 Å². The van der Waals surface area contributed by atoms with E-state index in [2.05, 4.69) is 10.6 Å². The van der Waals surface area contributed by atoms with Crippen LogP contribution in [0.25, 0.3) is 0 Å². The summed E-state index contributed by atoms with van der Waals surface area (Å²) in [6.45, 7) is 1.86. The summed E-state index contributed by atoms with van der Waals surface area (Å²) in [7, 11) is 1.55. The van der Waals surface area contributed by atoms with Crippen molar-refractivity contribution in [1.82, 2.24) is 10.6 Å². The van der Waals surface area contributed by atoms with Crippen molar-refractivity contribution >= 4 is 23.6 Å². The van der Waals surface area contributed by atoms with E-state index in [0.717, 1.165) is 11.3 Å². The molecule has 1 rings (SSSR count). The Kier molecular flexibility index (Phi) is 7.91. The maximum atomic E-state index is 11.8. The summed E-state index contributed by atoms with van der Waals surface area (Å²) in [4.78, 5) is 23.6. The topological polar surface area (TPSA) is 87.7 Å². The number of methoxy groups -OCH3 is 1. The van der Waals surface area contributed by atoms with E-state index in [0.29, 0.717) is 12.2 Å². The molecule has 0 aliphatic heterocycles. The summed E-state index contributed by atoms with van der Waals surface area (Å²) >= 11 is 1.61. The first-order chi connectivity index (χ1) is 10.9. The molecular weight excluding hydrogens is 316 g/mol. The van der Waals surface area contributed by atoms with E-state index in [-0.39, 0.29) is 13.1 Å². The molecule has 0 aromatic heterocycles. The molecule has 23 heavy (non-hydrogen) atoms. The monoisotopic (exact) mass is 340 g/mol. The van der Waals surface area contributed by atoms with Crippen LogP contribution in [0, 0.1) is 0 Å². The molecule has 1 aromatic rings. The molecule has 1 aromatic carbocycles. The SMILES string of the molecule is COc1ccccc1CNC(=O)C(=O)NC[C@](C)(O)CCSC. The lowest BCUT2D eigenvalue weighted by molar-refractivity contribution is -0.139. The molecular formula is C16H24N2O4S. The van der Waals surface area contributed by atoms with Crippen LogP contribution in [0.3, 0.4) is 0 Å². The summed E-state index contributed by atoms with van der Waals surface area (Å²) < 4.78 is 5.18. The molecule has 2 amide bonds. The van der Waals surface area contributed by atoms with Gasteiger partial charge in [-0.1, -0.05) is 18.2 Å². The number of benzene rings is 1. The van der Waals surface area contributed by atoms with Gasteiger partial charge in [0, 0.05) is 18.7 Å². The Labute approximate surface area is 141 Å². The van der Waals surface area contributed by atoms with E-state index in [1.807, 2.05) is 24.5 Å². The fourth-order valence-electron chi connectivity index (χ4n) is 1.87. The second-order valence-corrected chi connectivity index (χ2v) is 6.40. The Morgan fingerprint density at radius 3 is 2.57 bits per heavy atom. The number of hydrogen-bond donors (Lipinski definition) is 3. The van der Waals surface area contributed by atoms with Crippen molar-refractivity contribution in [3.05, 3.63) is 29.8 Å². The molecule has 0 bridgehead atoms. The third kappa shape index (κ3) is 6.92. The molecule has 7 heteroatoms. The van der Waals surface area contributed by atoms with Crippen LogP contribution < -0.4 is 15.4 Å². The fourth-order valence-corrected chi connectivity index (χ4v) is 2.51. The summed E-state index contributed by atoms with van der Waals surface area (Å²) in [5, 5.41) is 15.1. The van der Waals surface area contributed by atoms with Crippen molar-refractivity contribution in [1.29, 1.82) is 0 Å². The highest BCUT2D eigenvalue weighted by molar-refractivity contribution is 7.98. The highest BCUT2D eigenvalue weighted by Crippen LogP contribution is 2.16. The molecule has 0 aliphatic carbocycles.